The van der Waals surface area contributed by atoms with Gasteiger partial charge in [0.1, 0.15) is 0 Å². The number of rotatable bonds is 4. The third-order valence-electron chi connectivity index (χ3n) is 2.39. The third kappa shape index (κ3) is 3.31. The van der Waals surface area contributed by atoms with E-state index in [1.54, 1.807) is 6.07 Å². The van der Waals surface area contributed by atoms with Crippen molar-refractivity contribution < 1.29 is 9.84 Å². The molecule has 1 heterocycles. The number of hydrazone groups is 1. The van der Waals surface area contributed by atoms with Crippen LogP contribution in [0.25, 0.3) is 0 Å². The molecule has 0 aliphatic heterocycles. The summed E-state index contributed by atoms with van der Waals surface area (Å²) < 4.78 is 6.55. The first-order chi connectivity index (χ1) is 9.52. The van der Waals surface area contributed by atoms with E-state index in [1.165, 1.54) is 24.7 Å². The molecule has 8 heteroatoms. The zero-order valence-electron chi connectivity index (χ0n) is 10.6. The van der Waals surface area contributed by atoms with Gasteiger partial charge in [0.15, 0.2) is 11.5 Å². The fraction of sp³-hybridized carbons (Fsp3) is 0.167. The van der Waals surface area contributed by atoms with Gasteiger partial charge in [-0.1, -0.05) is 0 Å². The number of hydrogen-bond acceptors (Lipinski definition) is 6. The molecule has 0 saturated heterocycles. The molecule has 1 aromatic carbocycles. The minimum absolute atomic E-state index is 0.0171. The molecule has 20 heavy (non-hydrogen) atoms. The summed E-state index contributed by atoms with van der Waals surface area (Å²) in [4.78, 5) is 4.22. The molecule has 1 aromatic heterocycles. The van der Waals surface area contributed by atoms with Gasteiger partial charge in [-0.25, -0.2) is 4.98 Å². The Morgan fingerprint density at radius 2 is 2.25 bits per heavy atom. The molecule has 0 aliphatic carbocycles. The van der Waals surface area contributed by atoms with Gasteiger partial charge in [-0.05, 0) is 44.8 Å². The van der Waals surface area contributed by atoms with E-state index in [-0.39, 0.29) is 5.75 Å². The topological polar surface area (TPSA) is 66.7 Å². The maximum atomic E-state index is 10.1. The van der Waals surface area contributed by atoms with E-state index in [0.29, 0.717) is 20.9 Å². The first-order valence-corrected chi connectivity index (χ1v) is 7.95. The number of aryl methyl sites for hydroxylation is 1. The molecule has 0 bridgehead atoms. The van der Waals surface area contributed by atoms with Crippen LogP contribution >= 0.6 is 43.2 Å². The van der Waals surface area contributed by atoms with Crippen molar-refractivity contribution in [3.8, 4) is 11.5 Å². The summed E-state index contributed by atoms with van der Waals surface area (Å²) >= 11 is 8.23. The molecule has 106 valence electrons. The van der Waals surface area contributed by atoms with Crippen LogP contribution in [0.5, 0.6) is 11.5 Å². The summed E-state index contributed by atoms with van der Waals surface area (Å²) in [5.74, 6) is 0.384. The number of phenols is 1. The van der Waals surface area contributed by atoms with Gasteiger partial charge in [-0.2, -0.15) is 5.10 Å². The fourth-order valence-corrected chi connectivity index (χ4v) is 2.91. The van der Waals surface area contributed by atoms with E-state index in [1.807, 2.05) is 12.3 Å². The maximum Gasteiger partial charge on any atom is 0.203 e. The Bertz CT molecular complexity index is 658. The van der Waals surface area contributed by atoms with Crippen molar-refractivity contribution in [3.63, 3.8) is 0 Å². The number of halogens is 2. The molecular formula is C12H11Br2N3O2S. The van der Waals surface area contributed by atoms with Crippen LogP contribution in [-0.2, 0) is 0 Å². The monoisotopic (exact) mass is 419 g/mol. The number of nitrogens with one attached hydrogen (secondary N) is 1. The average Bonchev–Trinajstić information content (AvgIpc) is 2.83. The van der Waals surface area contributed by atoms with Crippen LogP contribution in [0.4, 0.5) is 5.13 Å². The van der Waals surface area contributed by atoms with Crippen molar-refractivity contribution in [2.45, 2.75) is 6.92 Å². The lowest BCUT2D eigenvalue weighted by Crippen LogP contribution is -1.94. The lowest BCUT2D eigenvalue weighted by molar-refractivity contribution is 0.372. The molecule has 2 N–H and O–H groups in total. The average molecular weight is 421 g/mol. The number of ether oxygens (including phenoxy) is 1. The van der Waals surface area contributed by atoms with E-state index < -0.39 is 0 Å². The Morgan fingerprint density at radius 3 is 2.85 bits per heavy atom. The van der Waals surface area contributed by atoms with Crippen LogP contribution in [0, 0.1) is 6.92 Å². The predicted octanol–water partition coefficient (Wildman–Crippen LogP) is 4.14. The van der Waals surface area contributed by atoms with Gasteiger partial charge < -0.3 is 9.84 Å². The third-order valence-corrected chi connectivity index (χ3v) is 5.26. The first-order valence-electron chi connectivity index (χ1n) is 5.49. The Morgan fingerprint density at radius 1 is 1.50 bits per heavy atom. The molecule has 2 aromatic rings. The Balaban J connectivity index is 2.26. The van der Waals surface area contributed by atoms with Gasteiger partial charge in [0.2, 0.25) is 5.13 Å². The molecule has 0 spiro atoms. The minimum atomic E-state index is 0.0171. The molecule has 0 amide bonds. The first kappa shape index (κ1) is 15.3. The normalized spacial score (nSPS) is 11.0. The molecule has 0 radical (unpaired) electrons. The van der Waals surface area contributed by atoms with Crippen LogP contribution in [0.1, 0.15) is 11.3 Å². The standard InChI is InChI=1S/C12H11Br2N3O2S/c1-6-5-20-12(16-6)17-15-4-7-10(14)8(13)3-9(19-2)11(7)18/h3-5,18H,1-2H3,(H,16,17). The molecule has 5 nitrogen and oxygen atoms in total. The number of thiazole rings is 1. The van der Waals surface area contributed by atoms with E-state index in [2.05, 4.69) is 47.4 Å². The minimum Gasteiger partial charge on any atom is -0.504 e. The largest absolute Gasteiger partial charge is 0.504 e. The summed E-state index contributed by atoms with van der Waals surface area (Å²) in [6.07, 6.45) is 1.50. The van der Waals surface area contributed by atoms with Gasteiger partial charge in [-0.15, -0.1) is 11.3 Å². The van der Waals surface area contributed by atoms with Crippen LogP contribution in [0.2, 0.25) is 0 Å². The fourth-order valence-electron chi connectivity index (χ4n) is 1.44. The molecule has 0 atom stereocenters. The van der Waals surface area contributed by atoms with E-state index in [4.69, 9.17) is 4.74 Å². The highest BCUT2D eigenvalue weighted by Gasteiger charge is 2.14. The van der Waals surface area contributed by atoms with Crippen molar-refractivity contribution in [1.29, 1.82) is 0 Å². The molecule has 2 rings (SSSR count). The summed E-state index contributed by atoms with van der Waals surface area (Å²) in [6, 6.07) is 1.67. The lowest BCUT2D eigenvalue weighted by Gasteiger charge is -2.09. The summed E-state index contributed by atoms with van der Waals surface area (Å²) in [5.41, 5.74) is 4.26. The van der Waals surface area contributed by atoms with E-state index in [0.717, 1.165) is 10.2 Å². The highest BCUT2D eigenvalue weighted by molar-refractivity contribution is 9.13. The van der Waals surface area contributed by atoms with Crippen molar-refractivity contribution in [2.24, 2.45) is 5.10 Å². The smallest absolute Gasteiger partial charge is 0.203 e. The quantitative estimate of drug-likeness (QED) is 0.576. The molecule has 0 saturated carbocycles. The number of aromatic nitrogens is 1. The van der Waals surface area contributed by atoms with Crippen LogP contribution < -0.4 is 10.2 Å². The van der Waals surface area contributed by atoms with Crippen molar-refractivity contribution in [3.05, 3.63) is 31.6 Å². The molecule has 0 fully saturated rings. The number of methoxy groups -OCH3 is 1. The lowest BCUT2D eigenvalue weighted by atomic mass is 10.2. The zero-order valence-corrected chi connectivity index (χ0v) is 14.6. The van der Waals surface area contributed by atoms with Gasteiger partial charge in [-0.3, -0.25) is 5.43 Å². The van der Waals surface area contributed by atoms with Crippen molar-refractivity contribution >= 4 is 54.5 Å². The molecule has 0 aliphatic rings. The van der Waals surface area contributed by atoms with Gasteiger partial charge >= 0.3 is 0 Å². The van der Waals surface area contributed by atoms with Gasteiger partial charge in [0, 0.05) is 14.3 Å². The van der Waals surface area contributed by atoms with Gasteiger partial charge in [0.05, 0.1) is 24.6 Å². The predicted molar refractivity (Wildman–Crippen MR) is 88.1 cm³/mol. The summed E-state index contributed by atoms with van der Waals surface area (Å²) in [7, 11) is 1.49. The number of aromatic hydroxyl groups is 1. The Kier molecular flexibility index (Phi) is 5.00. The van der Waals surface area contributed by atoms with Crippen LogP contribution in [0.3, 0.4) is 0 Å². The number of phenolic OH excluding ortho intramolecular Hbond substituents is 1. The highest BCUT2D eigenvalue weighted by atomic mass is 79.9. The highest BCUT2D eigenvalue weighted by Crippen LogP contribution is 2.39. The Labute approximate surface area is 137 Å². The summed E-state index contributed by atoms with van der Waals surface area (Å²) in [6.45, 7) is 1.91. The zero-order chi connectivity index (χ0) is 14.7. The number of benzene rings is 1. The van der Waals surface area contributed by atoms with E-state index >= 15 is 0 Å². The number of nitrogens with zero attached hydrogens (tertiary/aromatic N) is 2. The van der Waals surface area contributed by atoms with Gasteiger partial charge in [0.25, 0.3) is 0 Å². The SMILES string of the molecule is COc1cc(Br)c(Br)c(C=NNc2nc(C)cs2)c1O. The van der Waals surface area contributed by atoms with Crippen LogP contribution in [-0.4, -0.2) is 23.4 Å². The number of anilines is 1. The second kappa shape index (κ2) is 6.55. The maximum absolute atomic E-state index is 10.1. The second-order valence-corrected chi connectivity index (χ2v) is 6.31. The van der Waals surface area contributed by atoms with E-state index in [9.17, 15) is 5.11 Å². The van der Waals surface area contributed by atoms with Crippen molar-refractivity contribution in [2.75, 3.05) is 12.5 Å². The van der Waals surface area contributed by atoms with Crippen molar-refractivity contribution in [1.82, 2.24) is 4.98 Å². The Hall–Kier alpha value is -1.12. The number of hydrogen-bond donors (Lipinski definition) is 2. The molecule has 0 unspecified atom stereocenters. The molecular weight excluding hydrogens is 410 g/mol. The second-order valence-electron chi connectivity index (χ2n) is 3.80. The summed E-state index contributed by atoms with van der Waals surface area (Å²) in [5, 5.41) is 16.8. The van der Waals surface area contributed by atoms with Crippen LogP contribution in [0.15, 0.2) is 25.5 Å².